The maximum atomic E-state index is 11.7. The Hall–Kier alpha value is -0.660. The van der Waals surface area contributed by atoms with E-state index in [2.05, 4.69) is 27.7 Å². The molecule has 2 heteroatoms. The van der Waals surface area contributed by atoms with Gasteiger partial charge in [0.1, 0.15) is 0 Å². The van der Waals surface area contributed by atoms with Gasteiger partial charge in [-0.15, -0.1) is 0 Å². The van der Waals surface area contributed by atoms with Gasteiger partial charge in [0, 0.05) is 12.8 Å². The topological polar surface area (TPSA) is 34.1 Å². The zero-order valence-electron chi connectivity index (χ0n) is 11.5. The van der Waals surface area contributed by atoms with E-state index < -0.39 is 0 Å². The van der Waals surface area contributed by atoms with Crippen molar-refractivity contribution < 1.29 is 9.59 Å². The molecule has 2 nitrogen and oxygen atoms in total. The summed E-state index contributed by atoms with van der Waals surface area (Å²) in [5.74, 6) is 1.14. The lowest BCUT2D eigenvalue weighted by Gasteiger charge is -2.16. The van der Waals surface area contributed by atoms with Crippen molar-refractivity contribution in [1.29, 1.82) is 0 Å². The van der Waals surface area contributed by atoms with E-state index in [-0.39, 0.29) is 11.6 Å². The Bertz CT molecular complexity index is 215. The molecule has 0 fully saturated rings. The van der Waals surface area contributed by atoms with Gasteiger partial charge < -0.3 is 0 Å². The molecule has 0 rings (SSSR count). The van der Waals surface area contributed by atoms with Gasteiger partial charge in [-0.05, 0) is 23.7 Å². The van der Waals surface area contributed by atoms with Gasteiger partial charge in [0.05, 0.1) is 0 Å². The Labute approximate surface area is 99.8 Å². The third-order valence-corrected chi connectivity index (χ3v) is 3.60. The molecule has 2 unspecified atom stereocenters. The molecule has 0 aromatic heterocycles. The van der Waals surface area contributed by atoms with Crippen LogP contribution in [-0.4, -0.2) is 11.6 Å². The SMILES string of the molecule is CC(C)C(C)CC(=O)C(=O)CC(C)C(C)C. The highest BCUT2D eigenvalue weighted by molar-refractivity contribution is 6.37. The predicted octanol–water partition coefficient (Wildman–Crippen LogP) is 3.49. The Morgan fingerprint density at radius 3 is 1.12 bits per heavy atom. The van der Waals surface area contributed by atoms with Crippen LogP contribution < -0.4 is 0 Å². The Morgan fingerprint density at radius 2 is 0.938 bits per heavy atom. The molecule has 0 heterocycles. The highest BCUT2D eigenvalue weighted by atomic mass is 16.2. The zero-order chi connectivity index (χ0) is 12.9. The second kappa shape index (κ2) is 6.82. The molecule has 0 aromatic carbocycles. The Morgan fingerprint density at radius 1 is 0.688 bits per heavy atom. The van der Waals surface area contributed by atoms with Crippen LogP contribution in [0.3, 0.4) is 0 Å². The van der Waals surface area contributed by atoms with Crippen LogP contribution in [-0.2, 0) is 9.59 Å². The molecule has 0 aromatic rings. The van der Waals surface area contributed by atoms with E-state index in [4.69, 9.17) is 0 Å². The first-order chi connectivity index (χ1) is 7.25. The number of Topliss-reactive ketones (excluding diaryl/α,β-unsaturated/α-hetero) is 2. The molecular formula is C14H26O2. The highest BCUT2D eigenvalue weighted by Gasteiger charge is 2.21. The van der Waals surface area contributed by atoms with Gasteiger partial charge in [0.25, 0.3) is 0 Å². The first kappa shape index (κ1) is 15.3. The number of carbonyl (C=O) groups is 2. The normalized spacial score (nSPS) is 15.2. The molecule has 0 aliphatic heterocycles. The molecule has 0 amide bonds. The van der Waals surface area contributed by atoms with Crippen LogP contribution in [0.4, 0.5) is 0 Å². The molecule has 0 saturated heterocycles. The maximum Gasteiger partial charge on any atom is 0.198 e. The van der Waals surface area contributed by atoms with Gasteiger partial charge in [-0.3, -0.25) is 9.59 Å². The van der Waals surface area contributed by atoms with Crippen molar-refractivity contribution in [3.8, 4) is 0 Å². The lowest BCUT2D eigenvalue weighted by molar-refractivity contribution is -0.137. The van der Waals surface area contributed by atoms with Crippen molar-refractivity contribution in [2.24, 2.45) is 23.7 Å². The first-order valence-corrected chi connectivity index (χ1v) is 6.31. The summed E-state index contributed by atoms with van der Waals surface area (Å²) in [6, 6.07) is 0. The Kier molecular flexibility index (Phi) is 6.54. The molecule has 0 bridgehead atoms. The monoisotopic (exact) mass is 226 g/mol. The largest absolute Gasteiger partial charge is 0.291 e. The van der Waals surface area contributed by atoms with Crippen LogP contribution in [0.25, 0.3) is 0 Å². The third-order valence-electron chi connectivity index (χ3n) is 3.60. The molecule has 0 aliphatic carbocycles. The van der Waals surface area contributed by atoms with Gasteiger partial charge >= 0.3 is 0 Å². The molecule has 0 saturated carbocycles. The van der Waals surface area contributed by atoms with Crippen LogP contribution in [0.2, 0.25) is 0 Å². The minimum atomic E-state index is -0.186. The molecule has 16 heavy (non-hydrogen) atoms. The summed E-state index contributed by atoms with van der Waals surface area (Å²) >= 11 is 0. The third kappa shape index (κ3) is 5.43. The van der Waals surface area contributed by atoms with Crippen molar-refractivity contribution in [2.75, 3.05) is 0 Å². The van der Waals surface area contributed by atoms with Crippen molar-refractivity contribution in [2.45, 2.75) is 54.4 Å². The number of hydrogen-bond donors (Lipinski definition) is 0. The van der Waals surface area contributed by atoms with E-state index in [9.17, 15) is 9.59 Å². The van der Waals surface area contributed by atoms with E-state index in [0.717, 1.165) is 0 Å². The molecule has 0 aliphatic rings. The minimum Gasteiger partial charge on any atom is -0.291 e. The summed E-state index contributed by atoms with van der Waals surface area (Å²) < 4.78 is 0. The second-order valence-electron chi connectivity index (χ2n) is 5.70. The van der Waals surface area contributed by atoms with Crippen molar-refractivity contribution in [3.05, 3.63) is 0 Å². The van der Waals surface area contributed by atoms with Gasteiger partial charge in [-0.25, -0.2) is 0 Å². The minimum absolute atomic E-state index is 0.186. The molecule has 0 spiro atoms. The predicted molar refractivity (Wildman–Crippen MR) is 67.3 cm³/mol. The molecule has 2 atom stereocenters. The Balaban J connectivity index is 4.15. The summed E-state index contributed by atoms with van der Waals surface area (Å²) in [4.78, 5) is 23.3. The van der Waals surface area contributed by atoms with Crippen molar-refractivity contribution >= 4 is 11.6 Å². The number of ketones is 2. The van der Waals surface area contributed by atoms with E-state index in [1.807, 2.05) is 13.8 Å². The van der Waals surface area contributed by atoms with E-state index in [1.165, 1.54) is 0 Å². The van der Waals surface area contributed by atoms with Crippen LogP contribution in [0.5, 0.6) is 0 Å². The van der Waals surface area contributed by atoms with Crippen LogP contribution in [0.1, 0.15) is 54.4 Å². The molecule has 0 radical (unpaired) electrons. The number of hydrogen-bond acceptors (Lipinski definition) is 2. The lowest BCUT2D eigenvalue weighted by Crippen LogP contribution is -2.22. The quantitative estimate of drug-likeness (QED) is 0.623. The summed E-state index contributed by atoms with van der Waals surface area (Å²) in [5.41, 5.74) is 0. The van der Waals surface area contributed by atoms with Crippen LogP contribution in [0.15, 0.2) is 0 Å². The fraction of sp³-hybridized carbons (Fsp3) is 0.857. The first-order valence-electron chi connectivity index (χ1n) is 6.31. The fourth-order valence-electron chi connectivity index (χ4n) is 1.28. The summed E-state index contributed by atoms with van der Waals surface area (Å²) in [6.45, 7) is 12.4. The number of rotatable bonds is 7. The zero-order valence-corrected chi connectivity index (χ0v) is 11.5. The van der Waals surface area contributed by atoms with Crippen LogP contribution in [0, 0.1) is 23.7 Å². The average molecular weight is 226 g/mol. The van der Waals surface area contributed by atoms with E-state index >= 15 is 0 Å². The van der Waals surface area contributed by atoms with Crippen LogP contribution >= 0.6 is 0 Å². The molecule has 94 valence electrons. The molecule has 0 N–H and O–H groups in total. The van der Waals surface area contributed by atoms with Gasteiger partial charge in [-0.2, -0.15) is 0 Å². The smallest absolute Gasteiger partial charge is 0.198 e. The molecular weight excluding hydrogens is 200 g/mol. The fourth-order valence-corrected chi connectivity index (χ4v) is 1.28. The average Bonchev–Trinajstić information content (AvgIpc) is 2.16. The standard InChI is InChI=1S/C14H26O2/c1-9(2)11(5)7-13(15)14(16)8-12(6)10(3)4/h9-12H,7-8H2,1-6H3. The summed E-state index contributed by atoms with van der Waals surface area (Å²) in [5, 5.41) is 0. The highest BCUT2D eigenvalue weighted by Crippen LogP contribution is 2.18. The van der Waals surface area contributed by atoms with Gasteiger partial charge in [0.2, 0.25) is 0 Å². The summed E-state index contributed by atoms with van der Waals surface area (Å²) in [7, 11) is 0. The van der Waals surface area contributed by atoms with Crippen molar-refractivity contribution in [3.63, 3.8) is 0 Å². The van der Waals surface area contributed by atoms with E-state index in [1.54, 1.807) is 0 Å². The van der Waals surface area contributed by atoms with Gasteiger partial charge in [0.15, 0.2) is 11.6 Å². The van der Waals surface area contributed by atoms with Crippen molar-refractivity contribution in [1.82, 2.24) is 0 Å². The van der Waals surface area contributed by atoms with Gasteiger partial charge in [-0.1, -0.05) is 41.5 Å². The second-order valence-corrected chi connectivity index (χ2v) is 5.70. The maximum absolute atomic E-state index is 11.7. The number of carbonyl (C=O) groups excluding carboxylic acids is 2. The lowest BCUT2D eigenvalue weighted by atomic mass is 9.87. The summed E-state index contributed by atoms with van der Waals surface area (Å²) in [6.07, 6.45) is 0.808. The van der Waals surface area contributed by atoms with E-state index in [0.29, 0.717) is 36.5 Å².